The summed E-state index contributed by atoms with van der Waals surface area (Å²) >= 11 is 0. The molecule has 1 N–H and O–H groups in total. The molecule has 12 heavy (non-hydrogen) atoms. The molecule has 1 amide bonds. The van der Waals surface area contributed by atoms with Gasteiger partial charge in [0, 0.05) is 0 Å². The summed E-state index contributed by atoms with van der Waals surface area (Å²) in [4.78, 5) is 11.4. The maximum absolute atomic E-state index is 11.4. The smallest absolute Gasteiger partial charge is 0.231 e. The molecule has 66 valence electrons. The van der Waals surface area contributed by atoms with Crippen molar-refractivity contribution in [2.45, 2.75) is 19.9 Å². The quantitative estimate of drug-likeness (QED) is 0.633. The fourth-order valence-corrected chi connectivity index (χ4v) is 0.942. The van der Waals surface area contributed by atoms with E-state index in [-0.39, 0.29) is 5.91 Å². The SMILES string of the molecule is C[C@H](C#N)NC(=O)C1(C)COC1. The first-order chi connectivity index (χ1) is 5.58. The summed E-state index contributed by atoms with van der Waals surface area (Å²) in [5.74, 6) is -0.0946. The van der Waals surface area contributed by atoms with Crippen LogP contribution in [0.15, 0.2) is 0 Å². The van der Waals surface area contributed by atoms with Gasteiger partial charge in [-0.3, -0.25) is 4.79 Å². The lowest BCUT2D eigenvalue weighted by Crippen LogP contribution is -2.53. The molecule has 1 aliphatic rings. The van der Waals surface area contributed by atoms with Crippen LogP contribution in [0.5, 0.6) is 0 Å². The summed E-state index contributed by atoms with van der Waals surface area (Å²) in [6.45, 7) is 4.39. The van der Waals surface area contributed by atoms with E-state index in [1.54, 1.807) is 6.92 Å². The Morgan fingerprint density at radius 2 is 2.33 bits per heavy atom. The standard InChI is InChI=1S/C8H12N2O2/c1-6(3-9)10-7(11)8(2)4-12-5-8/h6H,4-5H2,1-2H3,(H,10,11)/t6-/m1/s1. The van der Waals surface area contributed by atoms with Gasteiger partial charge in [0.2, 0.25) is 5.91 Å². The number of carbonyl (C=O) groups is 1. The Hall–Kier alpha value is -1.08. The van der Waals surface area contributed by atoms with Gasteiger partial charge in [-0.15, -0.1) is 0 Å². The zero-order valence-corrected chi connectivity index (χ0v) is 7.26. The van der Waals surface area contributed by atoms with Crippen molar-refractivity contribution >= 4 is 5.91 Å². The van der Waals surface area contributed by atoms with Gasteiger partial charge in [-0.05, 0) is 13.8 Å². The molecule has 1 saturated heterocycles. The van der Waals surface area contributed by atoms with Crippen LogP contribution in [0.3, 0.4) is 0 Å². The number of nitrogens with one attached hydrogen (secondary N) is 1. The summed E-state index contributed by atoms with van der Waals surface area (Å²) < 4.78 is 4.93. The van der Waals surface area contributed by atoms with Crippen molar-refractivity contribution in [1.29, 1.82) is 5.26 Å². The summed E-state index contributed by atoms with van der Waals surface area (Å²) in [6, 6.07) is 1.52. The third-order valence-corrected chi connectivity index (χ3v) is 1.93. The topological polar surface area (TPSA) is 62.1 Å². The predicted molar refractivity (Wildman–Crippen MR) is 42.1 cm³/mol. The Morgan fingerprint density at radius 1 is 1.75 bits per heavy atom. The maximum atomic E-state index is 11.4. The van der Waals surface area contributed by atoms with Crippen LogP contribution in [-0.2, 0) is 9.53 Å². The van der Waals surface area contributed by atoms with Crippen molar-refractivity contribution in [3.8, 4) is 6.07 Å². The Bertz CT molecular complexity index is 228. The number of nitriles is 1. The second-order valence-corrected chi connectivity index (χ2v) is 3.38. The van der Waals surface area contributed by atoms with Gasteiger partial charge >= 0.3 is 0 Å². The van der Waals surface area contributed by atoms with Gasteiger partial charge in [0.1, 0.15) is 6.04 Å². The van der Waals surface area contributed by atoms with E-state index in [9.17, 15) is 4.79 Å². The van der Waals surface area contributed by atoms with Crippen LogP contribution in [0, 0.1) is 16.7 Å². The summed E-state index contributed by atoms with van der Waals surface area (Å²) in [7, 11) is 0. The van der Waals surface area contributed by atoms with Crippen LogP contribution >= 0.6 is 0 Å². The van der Waals surface area contributed by atoms with Crippen molar-refractivity contribution in [1.82, 2.24) is 5.32 Å². The normalized spacial score (nSPS) is 21.8. The van der Waals surface area contributed by atoms with Gasteiger partial charge in [0.15, 0.2) is 0 Å². The number of hydrogen-bond donors (Lipinski definition) is 1. The number of nitrogens with zero attached hydrogens (tertiary/aromatic N) is 1. The first kappa shape index (κ1) is 9.01. The number of hydrogen-bond acceptors (Lipinski definition) is 3. The second-order valence-electron chi connectivity index (χ2n) is 3.38. The molecule has 0 bridgehead atoms. The summed E-state index contributed by atoms with van der Waals surface area (Å²) in [6.07, 6.45) is 0. The van der Waals surface area contributed by atoms with Gasteiger partial charge < -0.3 is 10.1 Å². The van der Waals surface area contributed by atoms with Crippen LogP contribution in [0.1, 0.15) is 13.8 Å². The van der Waals surface area contributed by atoms with Crippen molar-refractivity contribution in [2.75, 3.05) is 13.2 Å². The summed E-state index contributed by atoms with van der Waals surface area (Å²) in [5, 5.41) is 11.0. The molecule has 4 heteroatoms. The third-order valence-electron chi connectivity index (χ3n) is 1.93. The van der Waals surface area contributed by atoms with E-state index in [2.05, 4.69) is 5.32 Å². The highest BCUT2D eigenvalue weighted by atomic mass is 16.5. The minimum atomic E-state index is -0.421. The van der Waals surface area contributed by atoms with Gasteiger partial charge in [0.05, 0.1) is 24.7 Å². The van der Waals surface area contributed by atoms with E-state index in [0.29, 0.717) is 13.2 Å². The van der Waals surface area contributed by atoms with Gasteiger partial charge in [-0.1, -0.05) is 0 Å². The Morgan fingerprint density at radius 3 is 2.67 bits per heavy atom. The molecule has 0 aromatic heterocycles. The van der Waals surface area contributed by atoms with Crippen LogP contribution in [-0.4, -0.2) is 25.2 Å². The van der Waals surface area contributed by atoms with Crippen molar-refractivity contribution in [2.24, 2.45) is 5.41 Å². The molecular weight excluding hydrogens is 156 g/mol. The zero-order valence-electron chi connectivity index (χ0n) is 7.26. The lowest BCUT2D eigenvalue weighted by atomic mass is 9.87. The number of rotatable bonds is 2. The number of carbonyl (C=O) groups excluding carboxylic acids is 1. The lowest BCUT2D eigenvalue weighted by Gasteiger charge is -2.36. The van der Waals surface area contributed by atoms with Crippen LogP contribution in [0.2, 0.25) is 0 Å². The zero-order chi connectivity index (χ0) is 9.19. The second kappa shape index (κ2) is 3.11. The van der Waals surface area contributed by atoms with Crippen LogP contribution in [0.25, 0.3) is 0 Å². The van der Waals surface area contributed by atoms with E-state index in [1.165, 1.54) is 0 Å². The number of amides is 1. The van der Waals surface area contributed by atoms with Crippen LogP contribution < -0.4 is 5.32 Å². The van der Waals surface area contributed by atoms with Crippen molar-refractivity contribution < 1.29 is 9.53 Å². The molecule has 1 rings (SSSR count). The molecule has 1 atom stereocenters. The molecule has 0 aromatic carbocycles. The van der Waals surface area contributed by atoms with Gasteiger partial charge in [-0.25, -0.2) is 0 Å². The predicted octanol–water partition coefficient (Wildman–Crippen LogP) is 0.0512. The molecule has 4 nitrogen and oxygen atoms in total. The highest BCUT2D eigenvalue weighted by Crippen LogP contribution is 2.26. The first-order valence-corrected chi connectivity index (χ1v) is 3.87. The molecule has 1 aliphatic heterocycles. The molecule has 0 radical (unpaired) electrons. The summed E-state index contributed by atoms with van der Waals surface area (Å²) in [5.41, 5.74) is -0.412. The van der Waals surface area contributed by atoms with E-state index in [4.69, 9.17) is 10.00 Å². The van der Waals surface area contributed by atoms with E-state index in [0.717, 1.165) is 0 Å². The minimum absolute atomic E-state index is 0.0946. The van der Waals surface area contributed by atoms with Gasteiger partial charge in [-0.2, -0.15) is 5.26 Å². The van der Waals surface area contributed by atoms with Crippen LogP contribution in [0.4, 0.5) is 0 Å². The molecule has 0 spiro atoms. The molecule has 0 aliphatic carbocycles. The third kappa shape index (κ3) is 1.56. The van der Waals surface area contributed by atoms with E-state index < -0.39 is 11.5 Å². The van der Waals surface area contributed by atoms with Gasteiger partial charge in [0.25, 0.3) is 0 Å². The molecule has 0 unspecified atom stereocenters. The largest absolute Gasteiger partial charge is 0.379 e. The molecule has 0 aromatic rings. The first-order valence-electron chi connectivity index (χ1n) is 3.87. The molecular formula is C8H12N2O2. The van der Waals surface area contributed by atoms with E-state index in [1.807, 2.05) is 13.0 Å². The van der Waals surface area contributed by atoms with Crippen molar-refractivity contribution in [3.05, 3.63) is 0 Å². The maximum Gasteiger partial charge on any atom is 0.231 e. The monoisotopic (exact) mass is 168 g/mol. The molecule has 1 heterocycles. The fourth-order valence-electron chi connectivity index (χ4n) is 0.942. The average Bonchev–Trinajstić information content (AvgIpc) is 1.99. The highest BCUT2D eigenvalue weighted by Gasteiger charge is 2.41. The Kier molecular flexibility index (Phi) is 2.34. The minimum Gasteiger partial charge on any atom is -0.379 e. The molecule has 1 fully saturated rings. The highest BCUT2D eigenvalue weighted by molar-refractivity contribution is 5.83. The Balaban J connectivity index is 2.44. The molecule has 0 saturated carbocycles. The number of ether oxygens (including phenoxy) is 1. The Labute approximate surface area is 71.5 Å². The van der Waals surface area contributed by atoms with Crippen molar-refractivity contribution in [3.63, 3.8) is 0 Å². The average molecular weight is 168 g/mol. The van der Waals surface area contributed by atoms with E-state index >= 15 is 0 Å². The lowest BCUT2D eigenvalue weighted by molar-refractivity contribution is -0.157. The fraction of sp³-hybridized carbons (Fsp3) is 0.750.